The van der Waals surface area contributed by atoms with Crippen molar-refractivity contribution in [2.24, 2.45) is 0 Å². The highest BCUT2D eigenvalue weighted by molar-refractivity contribution is 5.81. The lowest BCUT2D eigenvalue weighted by atomic mass is 10.2. The summed E-state index contributed by atoms with van der Waals surface area (Å²) in [6, 6.07) is 19.2. The number of likely N-dealkylation sites (N-methyl/N-ethyl adjacent to an activating group) is 1. The molecule has 2 aromatic heterocycles. The van der Waals surface area contributed by atoms with Crippen molar-refractivity contribution in [3.63, 3.8) is 0 Å². The standard InChI is InChI=1S/C22H26N4/c1-3-24(4-2)15-14-19-17-26-21-13-9-8-12-20(21)25(22(26)23-19)16-18-10-6-5-7-11-18/h5-13,17H,3-4,14-16H2,1-2H3. The summed E-state index contributed by atoms with van der Waals surface area (Å²) in [6.07, 6.45) is 3.20. The van der Waals surface area contributed by atoms with Crippen LogP contribution in [0, 0.1) is 0 Å². The summed E-state index contributed by atoms with van der Waals surface area (Å²) in [7, 11) is 0. The Morgan fingerprint density at radius 2 is 1.58 bits per heavy atom. The van der Waals surface area contributed by atoms with Crippen molar-refractivity contribution >= 4 is 16.8 Å². The van der Waals surface area contributed by atoms with Gasteiger partial charge in [0.2, 0.25) is 5.78 Å². The molecule has 2 heterocycles. The van der Waals surface area contributed by atoms with Crippen molar-refractivity contribution in [1.82, 2.24) is 18.9 Å². The van der Waals surface area contributed by atoms with E-state index in [1.165, 1.54) is 22.3 Å². The smallest absolute Gasteiger partial charge is 0.215 e. The van der Waals surface area contributed by atoms with Crippen LogP contribution in [0.15, 0.2) is 60.8 Å². The highest BCUT2D eigenvalue weighted by Crippen LogP contribution is 2.22. The van der Waals surface area contributed by atoms with E-state index in [9.17, 15) is 0 Å². The lowest BCUT2D eigenvalue weighted by Crippen LogP contribution is -2.25. The van der Waals surface area contributed by atoms with Crippen LogP contribution in [0.4, 0.5) is 0 Å². The van der Waals surface area contributed by atoms with E-state index < -0.39 is 0 Å². The maximum Gasteiger partial charge on any atom is 0.215 e. The molecule has 0 unspecified atom stereocenters. The Labute approximate surface area is 154 Å². The average molecular weight is 346 g/mol. The molecule has 0 bridgehead atoms. The number of hydrogen-bond acceptors (Lipinski definition) is 2. The summed E-state index contributed by atoms with van der Waals surface area (Å²) in [4.78, 5) is 7.43. The molecule has 4 heteroatoms. The monoisotopic (exact) mass is 346 g/mol. The van der Waals surface area contributed by atoms with E-state index in [-0.39, 0.29) is 0 Å². The third-order valence-corrected chi connectivity index (χ3v) is 5.17. The minimum Gasteiger partial charge on any atom is -0.305 e. The first-order valence-corrected chi connectivity index (χ1v) is 9.51. The molecule has 0 radical (unpaired) electrons. The highest BCUT2D eigenvalue weighted by Gasteiger charge is 2.14. The third-order valence-electron chi connectivity index (χ3n) is 5.17. The maximum absolute atomic E-state index is 4.99. The van der Waals surface area contributed by atoms with E-state index in [1.807, 2.05) is 0 Å². The summed E-state index contributed by atoms with van der Waals surface area (Å²) in [6.45, 7) is 8.51. The van der Waals surface area contributed by atoms with Gasteiger partial charge in [-0.25, -0.2) is 4.98 Å². The van der Waals surface area contributed by atoms with Crippen molar-refractivity contribution in [3.05, 3.63) is 72.1 Å². The first-order chi connectivity index (χ1) is 12.8. The molecule has 4 aromatic rings. The van der Waals surface area contributed by atoms with Crippen LogP contribution in [0.1, 0.15) is 25.1 Å². The fourth-order valence-corrected chi connectivity index (χ4v) is 3.64. The maximum atomic E-state index is 4.99. The number of rotatable bonds is 7. The van der Waals surface area contributed by atoms with Gasteiger partial charge in [0.25, 0.3) is 0 Å². The van der Waals surface area contributed by atoms with Gasteiger partial charge in [-0.05, 0) is 30.8 Å². The zero-order valence-corrected chi connectivity index (χ0v) is 15.6. The molecule has 0 saturated carbocycles. The van der Waals surface area contributed by atoms with Gasteiger partial charge in [0.15, 0.2) is 0 Å². The van der Waals surface area contributed by atoms with Gasteiger partial charge in [-0.2, -0.15) is 0 Å². The van der Waals surface area contributed by atoms with Gasteiger partial charge in [0.1, 0.15) is 0 Å². The summed E-state index contributed by atoms with van der Waals surface area (Å²) >= 11 is 0. The van der Waals surface area contributed by atoms with E-state index in [1.54, 1.807) is 0 Å². The summed E-state index contributed by atoms with van der Waals surface area (Å²) in [5, 5.41) is 0. The molecule has 0 spiro atoms. The molecule has 2 aromatic carbocycles. The van der Waals surface area contributed by atoms with Crippen LogP contribution in [0.5, 0.6) is 0 Å². The zero-order valence-electron chi connectivity index (χ0n) is 15.6. The van der Waals surface area contributed by atoms with Gasteiger partial charge in [0, 0.05) is 19.2 Å². The lowest BCUT2D eigenvalue weighted by Gasteiger charge is -2.16. The van der Waals surface area contributed by atoms with Crippen LogP contribution in [0.2, 0.25) is 0 Å². The predicted octanol–water partition coefficient (Wildman–Crippen LogP) is 4.22. The van der Waals surface area contributed by atoms with Gasteiger partial charge in [0.05, 0.1) is 23.3 Å². The quantitative estimate of drug-likeness (QED) is 0.501. The Bertz CT molecular complexity index is 993. The van der Waals surface area contributed by atoms with Crippen LogP contribution in [-0.2, 0) is 13.0 Å². The van der Waals surface area contributed by atoms with E-state index in [0.29, 0.717) is 0 Å². The molecule has 0 amide bonds. The SMILES string of the molecule is CCN(CC)CCc1cn2c3ccccc3n(Cc3ccccc3)c2n1. The van der Waals surface area contributed by atoms with E-state index in [0.717, 1.165) is 38.4 Å². The van der Waals surface area contributed by atoms with Crippen molar-refractivity contribution in [2.75, 3.05) is 19.6 Å². The molecule has 0 N–H and O–H groups in total. The molecule has 0 saturated heterocycles. The van der Waals surface area contributed by atoms with Crippen LogP contribution in [0.3, 0.4) is 0 Å². The molecule has 26 heavy (non-hydrogen) atoms. The first-order valence-electron chi connectivity index (χ1n) is 9.51. The van der Waals surface area contributed by atoms with E-state index in [4.69, 9.17) is 4.98 Å². The molecular formula is C22H26N4. The second-order valence-corrected chi connectivity index (χ2v) is 6.74. The Morgan fingerprint density at radius 3 is 2.31 bits per heavy atom. The van der Waals surface area contributed by atoms with Crippen LogP contribution in [0.25, 0.3) is 16.8 Å². The largest absolute Gasteiger partial charge is 0.305 e. The highest BCUT2D eigenvalue weighted by atomic mass is 15.2. The minimum atomic E-state index is 0.838. The number of para-hydroxylation sites is 2. The van der Waals surface area contributed by atoms with E-state index >= 15 is 0 Å². The summed E-state index contributed by atoms with van der Waals surface area (Å²) in [5.41, 5.74) is 4.91. The Balaban J connectivity index is 1.73. The number of aromatic nitrogens is 3. The summed E-state index contributed by atoms with van der Waals surface area (Å²) < 4.78 is 4.57. The number of benzene rings is 2. The van der Waals surface area contributed by atoms with Crippen molar-refractivity contribution in [1.29, 1.82) is 0 Å². The van der Waals surface area contributed by atoms with E-state index in [2.05, 4.69) is 88.5 Å². The van der Waals surface area contributed by atoms with Crippen LogP contribution in [-0.4, -0.2) is 38.5 Å². The molecule has 0 aliphatic rings. The van der Waals surface area contributed by atoms with Crippen molar-refractivity contribution in [2.45, 2.75) is 26.8 Å². The number of nitrogens with zero attached hydrogens (tertiary/aromatic N) is 4. The minimum absolute atomic E-state index is 0.838. The molecular weight excluding hydrogens is 320 g/mol. The number of imidazole rings is 2. The van der Waals surface area contributed by atoms with Crippen molar-refractivity contribution in [3.8, 4) is 0 Å². The molecule has 4 rings (SSSR count). The Morgan fingerprint density at radius 1 is 0.885 bits per heavy atom. The van der Waals surface area contributed by atoms with Gasteiger partial charge in [-0.1, -0.05) is 56.3 Å². The predicted molar refractivity (Wildman–Crippen MR) is 108 cm³/mol. The van der Waals surface area contributed by atoms with Crippen LogP contribution < -0.4 is 0 Å². The molecule has 4 nitrogen and oxygen atoms in total. The fraction of sp³-hybridized carbons (Fsp3) is 0.318. The second kappa shape index (κ2) is 7.34. The normalized spacial score (nSPS) is 11.8. The number of fused-ring (bicyclic) bond motifs is 3. The second-order valence-electron chi connectivity index (χ2n) is 6.74. The third kappa shape index (κ3) is 3.13. The van der Waals surface area contributed by atoms with Gasteiger partial charge < -0.3 is 9.47 Å². The first kappa shape index (κ1) is 16.9. The zero-order chi connectivity index (χ0) is 17.9. The Kier molecular flexibility index (Phi) is 4.76. The average Bonchev–Trinajstić information content (AvgIpc) is 3.22. The molecule has 134 valence electrons. The van der Waals surface area contributed by atoms with Crippen LogP contribution >= 0.6 is 0 Å². The molecule has 0 fully saturated rings. The lowest BCUT2D eigenvalue weighted by molar-refractivity contribution is 0.307. The topological polar surface area (TPSA) is 25.5 Å². The van der Waals surface area contributed by atoms with Gasteiger partial charge in [-0.3, -0.25) is 4.40 Å². The van der Waals surface area contributed by atoms with Gasteiger partial charge in [-0.15, -0.1) is 0 Å². The van der Waals surface area contributed by atoms with Crippen molar-refractivity contribution < 1.29 is 0 Å². The molecule has 0 atom stereocenters. The summed E-state index contributed by atoms with van der Waals surface area (Å²) in [5.74, 6) is 1.03. The fourth-order valence-electron chi connectivity index (χ4n) is 3.64. The number of hydrogen-bond donors (Lipinski definition) is 0. The molecule has 0 aliphatic carbocycles. The van der Waals surface area contributed by atoms with Gasteiger partial charge >= 0.3 is 0 Å². The molecule has 0 aliphatic heterocycles. The Hall–Kier alpha value is -2.59.